The van der Waals surface area contributed by atoms with E-state index >= 15 is 0 Å². The van der Waals surface area contributed by atoms with E-state index in [-0.39, 0.29) is 5.56 Å². The van der Waals surface area contributed by atoms with E-state index in [2.05, 4.69) is 6.07 Å². The summed E-state index contributed by atoms with van der Waals surface area (Å²) in [5.41, 5.74) is 2.95. The smallest absolute Gasteiger partial charge is 0.335 e. The topological polar surface area (TPSA) is 75.2 Å². The lowest BCUT2D eigenvalue weighted by molar-refractivity contribution is 0.0697. The lowest BCUT2D eigenvalue weighted by atomic mass is 10.1. The number of aromatic carboxylic acids is 1. The molecule has 2 aromatic rings. The molecule has 0 bridgehead atoms. The number of nitrogens with zero attached hydrogens (tertiary/aromatic N) is 2. The van der Waals surface area contributed by atoms with Crippen molar-refractivity contribution in [1.29, 1.82) is 5.26 Å². The van der Waals surface area contributed by atoms with Crippen molar-refractivity contribution in [2.75, 3.05) is 7.11 Å². The molecule has 0 atom stereocenters. The van der Waals surface area contributed by atoms with Crippen molar-refractivity contribution in [2.45, 2.75) is 13.8 Å². The number of methoxy groups -OCH3 is 1. The number of carboxylic acid groups (broad SMARTS) is 1. The summed E-state index contributed by atoms with van der Waals surface area (Å²) in [5, 5.41) is 18.2. The molecule has 5 nitrogen and oxygen atoms in total. The van der Waals surface area contributed by atoms with Crippen molar-refractivity contribution < 1.29 is 14.6 Å². The van der Waals surface area contributed by atoms with Gasteiger partial charge in [-0.05, 0) is 38.1 Å². The summed E-state index contributed by atoms with van der Waals surface area (Å²) in [6.45, 7) is 3.68. The molecule has 1 aromatic heterocycles. The third-order valence-corrected chi connectivity index (χ3v) is 3.22. The molecule has 1 heterocycles. The number of carbonyl (C=O) groups is 1. The number of hydrogen-bond donors (Lipinski definition) is 1. The molecule has 102 valence electrons. The van der Waals surface area contributed by atoms with E-state index in [0.29, 0.717) is 17.0 Å². The Bertz CT molecular complexity index is 723. The second-order valence-corrected chi connectivity index (χ2v) is 4.42. The standard InChI is InChI=1S/C15H14N2O3/c1-9-6-12(8-16)10(2)17(9)13-7-11(15(18)19)4-5-14(13)20-3/h4-7H,1-3H3,(H,18,19). The van der Waals surface area contributed by atoms with Crippen LogP contribution in [0.15, 0.2) is 24.3 Å². The average Bonchev–Trinajstić information content (AvgIpc) is 2.72. The van der Waals surface area contributed by atoms with Gasteiger partial charge in [-0.1, -0.05) is 0 Å². The SMILES string of the molecule is COc1ccc(C(=O)O)cc1-n1c(C)cc(C#N)c1C. The zero-order chi connectivity index (χ0) is 14.9. The predicted octanol–water partition coefficient (Wildman–Crippen LogP) is 2.67. The van der Waals surface area contributed by atoms with Gasteiger partial charge in [-0.3, -0.25) is 0 Å². The Balaban J connectivity index is 2.74. The molecule has 0 fully saturated rings. The zero-order valence-electron chi connectivity index (χ0n) is 11.5. The summed E-state index contributed by atoms with van der Waals surface area (Å²) in [7, 11) is 1.53. The molecule has 1 N–H and O–H groups in total. The summed E-state index contributed by atoms with van der Waals surface area (Å²) < 4.78 is 7.11. The molecule has 0 aliphatic heterocycles. The third-order valence-electron chi connectivity index (χ3n) is 3.22. The number of ether oxygens (including phenoxy) is 1. The first-order chi connectivity index (χ1) is 9.49. The second-order valence-electron chi connectivity index (χ2n) is 4.42. The molecule has 20 heavy (non-hydrogen) atoms. The molecule has 0 saturated carbocycles. The van der Waals surface area contributed by atoms with Crippen LogP contribution >= 0.6 is 0 Å². The first-order valence-electron chi connectivity index (χ1n) is 6.00. The van der Waals surface area contributed by atoms with Gasteiger partial charge in [-0.15, -0.1) is 0 Å². The van der Waals surface area contributed by atoms with Crippen molar-refractivity contribution in [2.24, 2.45) is 0 Å². The van der Waals surface area contributed by atoms with Crippen molar-refractivity contribution in [3.8, 4) is 17.5 Å². The molecule has 0 spiro atoms. The monoisotopic (exact) mass is 270 g/mol. The highest BCUT2D eigenvalue weighted by atomic mass is 16.5. The first-order valence-corrected chi connectivity index (χ1v) is 6.00. The Labute approximate surface area is 116 Å². The first kappa shape index (κ1) is 13.7. The molecule has 0 saturated heterocycles. The number of carboxylic acids is 1. The maximum Gasteiger partial charge on any atom is 0.335 e. The van der Waals surface area contributed by atoms with Crippen LogP contribution in [-0.2, 0) is 0 Å². The summed E-state index contributed by atoms with van der Waals surface area (Å²) in [4.78, 5) is 11.1. The van der Waals surface area contributed by atoms with E-state index in [1.807, 2.05) is 18.4 Å². The number of aromatic nitrogens is 1. The van der Waals surface area contributed by atoms with Crippen molar-refractivity contribution in [3.63, 3.8) is 0 Å². The molecule has 5 heteroatoms. The number of aryl methyl sites for hydroxylation is 1. The Kier molecular flexibility index (Phi) is 3.49. The molecule has 1 aromatic carbocycles. The van der Waals surface area contributed by atoms with Crippen LogP contribution < -0.4 is 4.74 Å². The highest BCUT2D eigenvalue weighted by Crippen LogP contribution is 2.29. The fourth-order valence-corrected chi connectivity index (χ4v) is 2.24. The van der Waals surface area contributed by atoms with E-state index in [0.717, 1.165) is 11.4 Å². The van der Waals surface area contributed by atoms with Crippen molar-refractivity contribution in [3.05, 3.63) is 46.8 Å². The molecular weight excluding hydrogens is 256 g/mol. The lowest BCUT2D eigenvalue weighted by Crippen LogP contribution is -2.05. The van der Waals surface area contributed by atoms with Gasteiger partial charge >= 0.3 is 5.97 Å². The van der Waals surface area contributed by atoms with E-state index in [1.54, 1.807) is 18.2 Å². The number of hydrogen-bond acceptors (Lipinski definition) is 3. The van der Waals surface area contributed by atoms with E-state index in [4.69, 9.17) is 15.1 Å². The molecule has 0 aliphatic carbocycles. The fraction of sp³-hybridized carbons (Fsp3) is 0.200. The minimum atomic E-state index is -1.00. The maximum absolute atomic E-state index is 11.1. The van der Waals surface area contributed by atoms with Crippen LogP contribution in [0.5, 0.6) is 5.75 Å². The lowest BCUT2D eigenvalue weighted by Gasteiger charge is -2.14. The molecule has 0 amide bonds. The normalized spacial score (nSPS) is 10.1. The Morgan fingerprint density at radius 1 is 1.35 bits per heavy atom. The summed E-state index contributed by atoms with van der Waals surface area (Å²) >= 11 is 0. The third kappa shape index (κ3) is 2.12. The Hall–Kier alpha value is -2.74. The maximum atomic E-state index is 11.1. The summed E-state index contributed by atoms with van der Waals surface area (Å²) in [6.07, 6.45) is 0. The van der Waals surface area contributed by atoms with Crippen molar-refractivity contribution in [1.82, 2.24) is 4.57 Å². The Morgan fingerprint density at radius 2 is 2.05 bits per heavy atom. The van der Waals surface area contributed by atoms with Gasteiger partial charge in [0.1, 0.15) is 11.8 Å². The minimum absolute atomic E-state index is 0.173. The van der Waals surface area contributed by atoms with E-state index in [1.165, 1.54) is 13.2 Å². The predicted molar refractivity (Wildman–Crippen MR) is 73.5 cm³/mol. The van der Waals surface area contributed by atoms with Gasteiger partial charge < -0.3 is 14.4 Å². The van der Waals surface area contributed by atoms with Gasteiger partial charge in [-0.2, -0.15) is 5.26 Å². The van der Waals surface area contributed by atoms with Gasteiger partial charge in [0.05, 0.1) is 23.9 Å². The van der Waals surface area contributed by atoms with Gasteiger partial charge in [-0.25, -0.2) is 4.79 Å². The minimum Gasteiger partial charge on any atom is -0.495 e. The summed E-state index contributed by atoms with van der Waals surface area (Å²) in [5.74, 6) is -0.446. The van der Waals surface area contributed by atoms with Crippen LogP contribution in [0.4, 0.5) is 0 Å². The molecule has 2 rings (SSSR count). The average molecular weight is 270 g/mol. The highest BCUT2D eigenvalue weighted by molar-refractivity contribution is 5.88. The van der Waals surface area contributed by atoms with Gasteiger partial charge in [0, 0.05) is 11.4 Å². The number of rotatable bonds is 3. The van der Waals surface area contributed by atoms with Crippen LogP contribution in [0.25, 0.3) is 5.69 Å². The quantitative estimate of drug-likeness (QED) is 0.930. The largest absolute Gasteiger partial charge is 0.495 e. The Morgan fingerprint density at radius 3 is 2.55 bits per heavy atom. The van der Waals surface area contributed by atoms with Crippen molar-refractivity contribution >= 4 is 5.97 Å². The van der Waals surface area contributed by atoms with Crippen LogP contribution in [0.1, 0.15) is 27.3 Å². The molecule has 0 aliphatic rings. The van der Waals surface area contributed by atoms with Gasteiger partial charge in [0.15, 0.2) is 0 Å². The highest BCUT2D eigenvalue weighted by Gasteiger charge is 2.16. The number of benzene rings is 1. The van der Waals surface area contributed by atoms with Gasteiger partial charge in [0.2, 0.25) is 0 Å². The van der Waals surface area contributed by atoms with E-state index < -0.39 is 5.97 Å². The molecule has 0 unspecified atom stereocenters. The second kappa shape index (κ2) is 5.10. The van der Waals surface area contributed by atoms with Crippen LogP contribution in [0.3, 0.4) is 0 Å². The van der Waals surface area contributed by atoms with Crippen LogP contribution in [0, 0.1) is 25.2 Å². The molecular formula is C15H14N2O3. The van der Waals surface area contributed by atoms with Crippen LogP contribution in [-0.4, -0.2) is 22.8 Å². The van der Waals surface area contributed by atoms with E-state index in [9.17, 15) is 4.79 Å². The van der Waals surface area contributed by atoms with Crippen LogP contribution in [0.2, 0.25) is 0 Å². The van der Waals surface area contributed by atoms with Gasteiger partial charge in [0.25, 0.3) is 0 Å². The fourth-order valence-electron chi connectivity index (χ4n) is 2.24. The summed E-state index contributed by atoms with van der Waals surface area (Å²) in [6, 6.07) is 8.54. The molecule has 0 radical (unpaired) electrons. The zero-order valence-corrected chi connectivity index (χ0v) is 11.5. The number of nitriles is 1.